The zero-order chi connectivity index (χ0) is 92.1. The van der Waals surface area contributed by atoms with Crippen molar-refractivity contribution in [2.24, 2.45) is 11.7 Å². The first kappa shape index (κ1) is 96.8. The number of carbonyl (C=O) groups is 9. The van der Waals surface area contributed by atoms with Crippen molar-refractivity contribution in [2.75, 3.05) is 32.1 Å². The fourth-order valence-electron chi connectivity index (χ4n) is 15.0. The molecule has 7 aromatic rings. The number of aliphatic hydroxyl groups excluding tert-OH is 7. The maximum Gasteiger partial charge on any atom is 0.573 e. The van der Waals surface area contributed by atoms with E-state index in [1.54, 1.807) is 32.9 Å². The number of alkyl halides is 3. The van der Waals surface area contributed by atoms with Gasteiger partial charge in [-0.25, -0.2) is 9.82 Å². The fourth-order valence-corrected chi connectivity index (χ4v) is 15.4. The van der Waals surface area contributed by atoms with E-state index in [1.807, 2.05) is 0 Å². The average Bonchev–Trinajstić information content (AvgIpc) is 0.762. The van der Waals surface area contributed by atoms with Gasteiger partial charge >= 0.3 is 6.36 Å². The van der Waals surface area contributed by atoms with Crippen molar-refractivity contribution in [3.05, 3.63) is 176 Å². The number of aliphatic hydroxyl groups is 7. The van der Waals surface area contributed by atoms with Gasteiger partial charge in [0, 0.05) is 53.5 Å². The van der Waals surface area contributed by atoms with Gasteiger partial charge in [0.15, 0.2) is 35.5 Å². The molecule has 0 radical (unpaired) electrons. The molecule has 2 saturated heterocycles. The van der Waals surface area contributed by atoms with Crippen LogP contribution in [0.15, 0.2) is 121 Å². The first-order valence-corrected chi connectivity index (χ1v) is 40.2. The number of rotatable bonds is 22. The van der Waals surface area contributed by atoms with Crippen molar-refractivity contribution in [3.8, 4) is 62.9 Å². The van der Waals surface area contributed by atoms with Crippen molar-refractivity contribution >= 4 is 82.1 Å². The average molecular weight is 1830 g/mol. The topological polar surface area (TPSA) is 579 Å². The minimum atomic E-state index is -5.21. The summed E-state index contributed by atoms with van der Waals surface area (Å²) in [5.41, 5.74) is 6.60. The Morgan fingerprint density at radius 1 is 0.703 bits per heavy atom. The van der Waals surface area contributed by atoms with Crippen LogP contribution in [-0.2, 0) is 59.1 Å². The van der Waals surface area contributed by atoms with Gasteiger partial charge < -0.3 is 138 Å². The third kappa shape index (κ3) is 22.1. The lowest BCUT2D eigenvalue weighted by atomic mass is 9.84. The van der Waals surface area contributed by atoms with E-state index in [0.29, 0.717) is 17.7 Å². The second-order valence-corrected chi connectivity index (χ2v) is 31.9. The van der Waals surface area contributed by atoms with Crippen LogP contribution < -0.4 is 83.4 Å². The molecular formula is C84H94Cl2F4N12O26. The monoisotopic (exact) mass is 1830 g/mol. The number of likely N-dealkylation sites (N-methyl/N-ethyl adjacent to an activating group) is 1. The lowest BCUT2D eigenvalue weighted by molar-refractivity contribution is -0.334. The van der Waals surface area contributed by atoms with Crippen molar-refractivity contribution in [2.45, 2.75) is 177 Å². The number of hydrogen-bond donors (Lipinski definition) is 22. The Labute approximate surface area is 736 Å². The second kappa shape index (κ2) is 40.6. The molecule has 128 heavy (non-hydrogen) atoms. The predicted octanol–water partition coefficient (Wildman–Crippen LogP) is 3.39. The Kier molecular flexibility index (Phi) is 30.7. The summed E-state index contributed by atoms with van der Waals surface area (Å²) in [6.07, 6.45) is -25.0. The molecule has 23 N–H and O–H groups in total. The molecule has 38 nitrogen and oxygen atoms in total. The molecule has 2 fully saturated rings. The molecule has 7 aromatic carbocycles. The molecule has 14 rings (SSSR count). The van der Waals surface area contributed by atoms with Crippen LogP contribution in [0, 0.1) is 11.7 Å². The molecule has 0 saturated carbocycles. The summed E-state index contributed by atoms with van der Waals surface area (Å²) in [5.74, 6) is -19.3. The zero-order valence-corrected chi connectivity index (χ0v) is 69.3. The van der Waals surface area contributed by atoms with Crippen LogP contribution >= 0.6 is 23.2 Å². The first-order chi connectivity index (χ1) is 60.1. The highest BCUT2D eigenvalue weighted by Crippen LogP contribution is 2.50. The Hall–Kier alpha value is -11.9. The molecule has 688 valence electrons. The number of hydrazine groups is 1. The number of aromatic hydroxyl groups is 3. The van der Waals surface area contributed by atoms with Gasteiger partial charge in [-0.2, -0.15) is 0 Å². The van der Waals surface area contributed by atoms with Gasteiger partial charge in [-0.1, -0.05) is 74.8 Å². The van der Waals surface area contributed by atoms with Crippen molar-refractivity contribution in [1.29, 1.82) is 0 Å². The van der Waals surface area contributed by atoms with Crippen molar-refractivity contribution in [3.63, 3.8) is 0 Å². The Morgan fingerprint density at radius 2 is 1.34 bits per heavy atom. The van der Waals surface area contributed by atoms with Crippen LogP contribution in [-0.4, -0.2) is 216 Å². The molecule has 0 aliphatic carbocycles. The molecule has 11 bridgehead atoms. The van der Waals surface area contributed by atoms with Gasteiger partial charge in [0.25, 0.3) is 11.8 Å². The summed E-state index contributed by atoms with van der Waals surface area (Å²) < 4.78 is 96.0. The zero-order valence-electron chi connectivity index (χ0n) is 67.7. The summed E-state index contributed by atoms with van der Waals surface area (Å²) in [6.45, 7) is 4.76. The fraction of sp³-hybridized carbons (Fsp3) is 0.393. The number of anilines is 1. The summed E-state index contributed by atoms with van der Waals surface area (Å²) in [4.78, 5) is 133. The SMILES string of the molecule is C.CNC(CC(C)C)C(=O)NC1C(=O)NC(CC(N)=O)C(=O)NC2C(=O)NC3C(=O)NC(C(=O)NC(C(=O)NNCCO)c4cc(O)cc(O)c4-c4cc3ccc4O)C(O)c3ccc(c(Cl)c3)Oc3cc2cc(c3OC2OC(CO)C(O)C(O)C2OC2CC(C)(NCc3ccc(NC(=O)c4ccc(OC(F)(F)F)c(F)c4)cc3)C(O)C(C)O2)Oc2ccc(cc2Cl)C1O. The molecule has 7 aliphatic heterocycles. The van der Waals surface area contributed by atoms with Gasteiger partial charge in [-0.3, -0.25) is 48.6 Å². The molecule has 9 amide bonds. The van der Waals surface area contributed by atoms with Crippen LogP contribution in [0.4, 0.5) is 23.2 Å². The van der Waals surface area contributed by atoms with E-state index in [9.17, 15) is 87.8 Å². The van der Waals surface area contributed by atoms with Crippen LogP contribution in [0.3, 0.4) is 0 Å². The normalized spacial score (nSPS) is 25.6. The Bertz CT molecular complexity index is 5340. The maximum atomic E-state index is 16.3. The van der Waals surface area contributed by atoms with Gasteiger partial charge in [0.1, 0.15) is 95.5 Å². The molecule has 44 heteroatoms. The summed E-state index contributed by atoms with van der Waals surface area (Å²) in [7, 11) is 1.45. The van der Waals surface area contributed by atoms with E-state index < -0.39 is 278 Å². The first-order valence-electron chi connectivity index (χ1n) is 39.4. The van der Waals surface area contributed by atoms with Crippen LogP contribution in [0.25, 0.3) is 11.1 Å². The number of ether oxygens (including phenoxy) is 7. The number of nitrogens with two attached hydrogens (primary N) is 1. The molecule has 18 unspecified atom stereocenters. The minimum Gasteiger partial charge on any atom is -0.508 e. The summed E-state index contributed by atoms with van der Waals surface area (Å²) >= 11 is 14.3. The second-order valence-electron chi connectivity index (χ2n) is 31.1. The van der Waals surface area contributed by atoms with Crippen molar-refractivity contribution < 1.29 is 145 Å². The number of nitrogens with one attached hydrogen (secondary N) is 11. The van der Waals surface area contributed by atoms with Crippen LogP contribution in [0.1, 0.15) is 128 Å². The lowest BCUT2D eigenvalue weighted by Gasteiger charge is -2.48. The Balaban J connectivity index is 0.0000159. The number of fused-ring (bicyclic) bond motifs is 15. The van der Waals surface area contributed by atoms with E-state index in [0.717, 1.165) is 78.9 Å². The smallest absolute Gasteiger partial charge is 0.508 e. The molecule has 0 aromatic heterocycles. The number of phenolic OH excluding ortho intramolecular Hbond substituents is 3. The number of primary amides is 1. The number of hydrogen-bond acceptors (Lipinski definition) is 29. The van der Waals surface area contributed by atoms with E-state index >= 15 is 24.0 Å². The van der Waals surface area contributed by atoms with Gasteiger partial charge in [0.05, 0.1) is 47.9 Å². The highest BCUT2D eigenvalue weighted by molar-refractivity contribution is 6.32. The third-order valence-corrected chi connectivity index (χ3v) is 22.1. The quantitative estimate of drug-likeness (QED) is 0.0263. The Morgan fingerprint density at radius 3 is 1.95 bits per heavy atom. The molecular weight excluding hydrogens is 1740 g/mol. The number of benzene rings is 7. The van der Waals surface area contributed by atoms with Crippen LogP contribution in [0.5, 0.6) is 51.7 Å². The standard InChI is InChI=1S/C83H90Cl2F4N12O26.CH4/c1-33(2)20-48(91-5)74(114)99-64-66(108)37-9-15-52(45(84)22-37)122-55-25-40-26-56(70(55)126-81-71(69(111)68(110)57(32-103)124-81)125-59-30-82(4,72(112)34(3)121-59)92-31-35-6-12-41(13-7-35)94-73(113)39-11-17-54(47(86)24-39)127-83(87,88)89)123-53-16-10-38(23-46(53)85)67(109)65-79(119)98-63(80(120)101-93-18-19-102)44-27-42(104)28-51(106)60(44)43-21-36(8-14-50(43)105)61(76(116)100-65)97-77(117)62(40)96-75(115)49(29-58(90)107)95-78(64)118;/h6-17,21-28,33-34,48-49,57,59,61-69,71-72,81,91-93,102-106,108-112H,18-20,29-32H2,1-5H3,(H2,90,107)(H,94,113)(H,95,118)(H,96,115)(H,97,117)(H,98,119)(H,99,114)(H,100,116)(H,101,120);1H4. The van der Waals surface area contributed by atoms with Gasteiger partial charge in [-0.15, -0.1) is 13.2 Å². The molecule has 7 aliphatic rings. The van der Waals surface area contributed by atoms with Gasteiger partial charge in [-0.05, 0) is 152 Å². The van der Waals surface area contributed by atoms with E-state index in [1.165, 1.54) is 32.2 Å². The predicted molar refractivity (Wildman–Crippen MR) is 442 cm³/mol. The van der Waals surface area contributed by atoms with Crippen LogP contribution in [0.2, 0.25) is 10.0 Å². The van der Waals surface area contributed by atoms with E-state index in [2.05, 4.69) is 63.4 Å². The summed E-state index contributed by atoms with van der Waals surface area (Å²) in [6, 6.07) is 7.27. The number of amides is 9. The molecule has 0 spiro atoms. The summed E-state index contributed by atoms with van der Waals surface area (Å²) in [5, 5.41) is 139. The maximum absolute atomic E-state index is 16.3. The largest absolute Gasteiger partial charge is 0.573 e. The van der Waals surface area contributed by atoms with E-state index in [4.69, 9.17) is 57.4 Å². The van der Waals surface area contributed by atoms with Crippen molar-refractivity contribution in [1.82, 2.24) is 53.4 Å². The highest BCUT2D eigenvalue weighted by atomic mass is 35.5. The highest BCUT2D eigenvalue weighted by Gasteiger charge is 2.53. The number of carbonyl (C=O) groups excluding carboxylic acids is 9. The number of halogens is 6. The molecule has 18 atom stereocenters. The van der Waals surface area contributed by atoms with E-state index in [-0.39, 0.29) is 67.2 Å². The van der Waals surface area contributed by atoms with Gasteiger partial charge in [0.2, 0.25) is 53.4 Å². The molecule has 7 heterocycles. The number of phenols is 3. The lowest BCUT2D eigenvalue weighted by Crippen LogP contribution is -2.65. The minimum absolute atomic E-state index is 0. The third-order valence-electron chi connectivity index (χ3n) is 21.5.